The minimum atomic E-state index is -0.493. The van der Waals surface area contributed by atoms with Crippen LogP contribution in [0.25, 0.3) is 0 Å². The van der Waals surface area contributed by atoms with Crippen LogP contribution in [0.15, 0.2) is 37.1 Å². The van der Waals surface area contributed by atoms with Gasteiger partial charge in [0.25, 0.3) is 0 Å². The summed E-state index contributed by atoms with van der Waals surface area (Å²) < 4.78 is 1.82. The molecule has 0 saturated carbocycles. The normalized spacial score (nSPS) is 20.8. The first-order valence-electron chi connectivity index (χ1n) is 7.90. The van der Waals surface area contributed by atoms with Gasteiger partial charge in [0, 0.05) is 63.0 Å². The average Bonchev–Trinajstić information content (AvgIpc) is 3.19. The number of aliphatic hydroxyl groups excluding tert-OH is 1. The molecule has 0 bridgehead atoms. The second-order valence-electron chi connectivity index (χ2n) is 5.90. The minimum Gasteiger partial charge on any atom is -0.391 e. The molecule has 2 atom stereocenters. The largest absolute Gasteiger partial charge is 0.391 e. The number of carbonyl (C=O) groups is 1. The van der Waals surface area contributed by atoms with Gasteiger partial charge < -0.3 is 10.0 Å². The highest BCUT2D eigenvalue weighted by molar-refractivity contribution is 5.76. The van der Waals surface area contributed by atoms with Gasteiger partial charge in [-0.25, -0.2) is 0 Å². The Morgan fingerprint density at radius 3 is 2.96 bits per heavy atom. The lowest BCUT2D eigenvalue weighted by molar-refractivity contribution is -0.130. The van der Waals surface area contributed by atoms with Crippen molar-refractivity contribution in [1.82, 2.24) is 24.6 Å². The molecule has 1 aliphatic rings. The number of nitrogens with zero attached hydrogens (tertiary/aromatic N) is 5. The molecule has 7 nitrogen and oxygen atoms in total. The van der Waals surface area contributed by atoms with Crippen molar-refractivity contribution in [2.75, 3.05) is 13.1 Å². The molecule has 0 spiro atoms. The quantitative estimate of drug-likeness (QED) is 0.840. The minimum absolute atomic E-state index is 0.0294. The zero-order valence-corrected chi connectivity index (χ0v) is 13.0. The van der Waals surface area contributed by atoms with Crippen molar-refractivity contribution in [3.63, 3.8) is 0 Å². The summed E-state index contributed by atoms with van der Waals surface area (Å²) in [6.07, 6.45) is 9.99. The maximum atomic E-state index is 12.3. The fourth-order valence-corrected chi connectivity index (χ4v) is 2.95. The Morgan fingerprint density at radius 2 is 2.22 bits per heavy atom. The number of amides is 1. The number of hydrogen-bond donors (Lipinski definition) is 1. The van der Waals surface area contributed by atoms with Crippen molar-refractivity contribution in [2.45, 2.75) is 31.9 Å². The molecule has 1 amide bonds. The maximum Gasteiger partial charge on any atom is 0.222 e. The van der Waals surface area contributed by atoms with Crippen LogP contribution in [-0.4, -0.2) is 54.9 Å². The van der Waals surface area contributed by atoms with Crippen LogP contribution in [0, 0.1) is 5.92 Å². The summed E-state index contributed by atoms with van der Waals surface area (Å²) in [7, 11) is 0. The molecule has 0 aromatic carbocycles. The van der Waals surface area contributed by atoms with Gasteiger partial charge >= 0.3 is 0 Å². The third-order valence-electron chi connectivity index (χ3n) is 4.18. The van der Waals surface area contributed by atoms with E-state index in [-0.39, 0.29) is 11.8 Å². The van der Waals surface area contributed by atoms with Crippen molar-refractivity contribution < 1.29 is 9.90 Å². The highest BCUT2D eigenvalue weighted by Gasteiger charge is 2.33. The number of hydrogen-bond acceptors (Lipinski definition) is 5. The van der Waals surface area contributed by atoms with Crippen LogP contribution in [0.3, 0.4) is 0 Å². The summed E-state index contributed by atoms with van der Waals surface area (Å²) in [6.45, 7) is 1.72. The molecule has 0 aliphatic carbocycles. The molecular formula is C16H21N5O2. The number of aromatic nitrogens is 4. The second-order valence-corrected chi connectivity index (χ2v) is 5.90. The molecule has 1 N–H and O–H groups in total. The fraction of sp³-hybridized carbons (Fsp3) is 0.500. The van der Waals surface area contributed by atoms with Gasteiger partial charge in [0.1, 0.15) is 0 Å². The highest BCUT2D eigenvalue weighted by Crippen LogP contribution is 2.21. The first-order chi connectivity index (χ1) is 11.2. The predicted molar refractivity (Wildman–Crippen MR) is 83.3 cm³/mol. The van der Waals surface area contributed by atoms with Crippen LogP contribution in [0.2, 0.25) is 0 Å². The van der Waals surface area contributed by atoms with Crippen LogP contribution in [0.5, 0.6) is 0 Å². The van der Waals surface area contributed by atoms with Gasteiger partial charge in [-0.2, -0.15) is 5.10 Å². The summed E-state index contributed by atoms with van der Waals surface area (Å²) in [5, 5.41) is 14.3. The molecule has 7 heteroatoms. The van der Waals surface area contributed by atoms with E-state index in [4.69, 9.17) is 0 Å². The Morgan fingerprint density at radius 1 is 1.30 bits per heavy atom. The topological polar surface area (TPSA) is 84.1 Å². The van der Waals surface area contributed by atoms with Gasteiger partial charge in [-0.1, -0.05) is 0 Å². The number of rotatable bonds is 6. The van der Waals surface area contributed by atoms with Crippen LogP contribution >= 0.6 is 0 Å². The van der Waals surface area contributed by atoms with Crippen LogP contribution < -0.4 is 0 Å². The van der Waals surface area contributed by atoms with Gasteiger partial charge in [0.2, 0.25) is 5.91 Å². The molecule has 3 rings (SSSR count). The van der Waals surface area contributed by atoms with Gasteiger partial charge in [0.05, 0.1) is 11.8 Å². The Bertz CT molecular complexity index is 617. The lowest BCUT2D eigenvalue weighted by Gasteiger charge is -2.16. The summed E-state index contributed by atoms with van der Waals surface area (Å²) in [5.74, 6) is 0.125. The monoisotopic (exact) mass is 315 g/mol. The Labute approximate surface area is 135 Å². The Balaban J connectivity index is 1.46. The zero-order valence-electron chi connectivity index (χ0n) is 13.0. The molecule has 23 heavy (non-hydrogen) atoms. The molecule has 3 heterocycles. The zero-order chi connectivity index (χ0) is 16.1. The van der Waals surface area contributed by atoms with E-state index in [0.29, 0.717) is 25.9 Å². The van der Waals surface area contributed by atoms with Crippen LogP contribution in [-0.2, 0) is 17.8 Å². The van der Waals surface area contributed by atoms with E-state index in [2.05, 4.69) is 15.1 Å². The second kappa shape index (κ2) is 7.32. The van der Waals surface area contributed by atoms with Crippen molar-refractivity contribution in [3.8, 4) is 0 Å². The molecule has 1 fully saturated rings. The average molecular weight is 315 g/mol. The molecule has 122 valence electrons. The number of carbonyl (C=O) groups excluding carboxylic acids is 1. The van der Waals surface area contributed by atoms with Crippen molar-refractivity contribution in [3.05, 3.63) is 42.7 Å². The smallest absolute Gasteiger partial charge is 0.222 e. The lowest BCUT2D eigenvalue weighted by atomic mass is 10.0. The van der Waals surface area contributed by atoms with E-state index >= 15 is 0 Å². The first kappa shape index (κ1) is 15.6. The van der Waals surface area contributed by atoms with E-state index in [1.54, 1.807) is 29.7 Å². The molecule has 0 unspecified atom stereocenters. The molecule has 1 aliphatic heterocycles. The van der Waals surface area contributed by atoms with Crippen molar-refractivity contribution in [2.24, 2.45) is 5.92 Å². The highest BCUT2D eigenvalue weighted by atomic mass is 16.3. The molecule has 2 aromatic rings. The predicted octanol–water partition coefficient (Wildman–Crippen LogP) is 0.515. The van der Waals surface area contributed by atoms with Gasteiger partial charge in [-0.15, -0.1) is 0 Å². The SMILES string of the molecule is O=C(CCCn1cccn1)N1C[C@@H](Cc2cnccn2)[C@H](O)C1. The molecular weight excluding hydrogens is 294 g/mol. The Hall–Kier alpha value is -2.28. The molecule has 0 radical (unpaired) electrons. The first-order valence-corrected chi connectivity index (χ1v) is 7.90. The van der Waals surface area contributed by atoms with E-state index < -0.39 is 6.10 Å². The van der Waals surface area contributed by atoms with E-state index in [0.717, 1.165) is 18.7 Å². The van der Waals surface area contributed by atoms with Crippen molar-refractivity contribution in [1.29, 1.82) is 0 Å². The summed E-state index contributed by atoms with van der Waals surface area (Å²) in [6, 6.07) is 1.87. The maximum absolute atomic E-state index is 12.3. The Kier molecular flexibility index (Phi) is 4.97. The number of aryl methyl sites for hydroxylation is 1. The van der Waals surface area contributed by atoms with Gasteiger partial charge in [-0.05, 0) is 18.9 Å². The number of likely N-dealkylation sites (tertiary alicyclic amines) is 1. The van der Waals surface area contributed by atoms with Gasteiger partial charge in [0.15, 0.2) is 0 Å². The summed E-state index contributed by atoms with van der Waals surface area (Å²) in [5.41, 5.74) is 0.851. The number of aliphatic hydroxyl groups is 1. The molecule has 2 aromatic heterocycles. The molecule has 1 saturated heterocycles. The van der Waals surface area contributed by atoms with Crippen LogP contribution in [0.4, 0.5) is 0 Å². The fourth-order valence-electron chi connectivity index (χ4n) is 2.95. The number of β-amino-alcohol motifs (C(OH)–C–C–N with tert-alkyl or cyclic N) is 1. The van der Waals surface area contributed by atoms with Crippen LogP contribution in [0.1, 0.15) is 18.5 Å². The standard InChI is InChI=1S/C16H21N5O2/c22-15-12-20(11-13(15)9-14-10-17-5-6-18-14)16(23)3-1-7-21-8-2-4-19-21/h2,4-6,8,10,13,15,22H,1,3,7,9,11-12H2/t13-,15-/m1/s1. The third-order valence-corrected chi connectivity index (χ3v) is 4.18. The van der Waals surface area contributed by atoms with E-state index in [1.165, 1.54) is 0 Å². The lowest BCUT2D eigenvalue weighted by Crippen LogP contribution is -2.29. The van der Waals surface area contributed by atoms with E-state index in [1.807, 2.05) is 16.9 Å². The summed E-state index contributed by atoms with van der Waals surface area (Å²) >= 11 is 0. The third kappa shape index (κ3) is 4.13. The van der Waals surface area contributed by atoms with E-state index in [9.17, 15) is 9.90 Å². The van der Waals surface area contributed by atoms with Gasteiger partial charge in [-0.3, -0.25) is 19.4 Å². The van der Waals surface area contributed by atoms with Crippen molar-refractivity contribution >= 4 is 5.91 Å². The summed E-state index contributed by atoms with van der Waals surface area (Å²) in [4.78, 5) is 22.3.